The van der Waals surface area contributed by atoms with E-state index in [1.807, 2.05) is 147 Å². The zero-order chi connectivity index (χ0) is 75.1. The third-order valence-electron chi connectivity index (χ3n) is 23.4. The van der Waals surface area contributed by atoms with Crippen molar-refractivity contribution < 1.29 is 41.7 Å². The van der Waals surface area contributed by atoms with Crippen LogP contribution in [0.3, 0.4) is 0 Å². The Morgan fingerprint density at radius 2 is 1.19 bits per heavy atom. The zero-order valence-electron chi connectivity index (χ0n) is 63.6. The second-order valence-corrected chi connectivity index (χ2v) is 30.8. The summed E-state index contributed by atoms with van der Waals surface area (Å²) in [4.78, 5) is 29.3. The maximum Gasteiger partial charge on any atom is 0.416 e. The minimum Gasteiger partial charge on any atom is -0.497 e. The van der Waals surface area contributed by atoms with Gasteiger partial charge < -0.3 is 24.3 Å². The second kappa shape index (κ2) is 32.7. The molecule has 0 spiro atoms. The van der Waals surface area contributed by atoms with Gasteiger partial charge in [0.05, 0.1) is 24.8 Å². The number of nitrogens with one attached hydrogen (secondary N) is 1. The molecule has 1 aliphatic heterocycles. The van der Waals surface area contributed by atoms with E-state index in [2.05, 4.69) is 99.8 Å². The monoisotopic (exact) mass is 1440 g/mol. The van der Waals surface area contributed by atoms with Gasteiger partial charge in [-0.15, -0.1) is 0 Å². The van der Waals surface area contributed by atoms with Crippen molar-refractivity contribution in [3.8, 4) is 67.5 Å². The number of anilines is 1. The van der Waals surface area contributed by atoms with Crippen molar-refractivity contribution in [1.82, 2.24) is 0 Å². The number of amides is 1. The highest BCUT2D eigenvalue weighted by Crippen LogP contribution is 2.61. The molecule has 0 radical (unpaired) electrons. The van der Waals surface area contributed by atoms with Crippen LogP contribution in [0.1, 0.15) is 222 Å². The molecule has 1 amide bonds. The number of fused-ring (bicyclic) bond motifs is 10. The first-order valence-corrected chi connectivity index (χ1v) is 39.6. The maximum absolute atomic E-state index is 15.0. The molecule has 2 aliphatic carbocycles. The molecule has 7 nitrogen and oxygen atoms in total. The van der Waals surface area contributed by atoms with Crippen LogP contribution < -0.4 is 24.3 Å². The Hall–Kier alpha value is -10.2. The lowest BCUT2D eigenvalue weighted by Gasteiger charge is -2.39. The van der Waals surface area contributed by atoms with E-state index in [9.17, 15) is 4.79 Å². The van der Waals surface area contributed by atoms with Crippen molar-refractivity contribution in [2.75, 3.05) is 19.0 Å². The van der Waals surface area contributed by atoms with E-state index in [1.54, 1.807) is 19.2 Å². The summed E-state index contributed by atoms with van der Waals surface area (Å²) in [6.07, 6.45) is 21.7. The third kappa shape index (κ3) is 15.6. The molecular weight excluding hydrogens is 1340 g/mol. The lowest BCUT2D eigenvalue weighted by molar-refractivity contribution is -0.137. The van der Waals surface area contributed by atoms with Crippen molar-refractivity contribution in [3.63, 3.8) is 0 Å². The van der Waals surface area contributed by atoms with Gasteiger partial charge in [0.25, 0.3) is 5.91 Å². The number of ether oxygens (including phenoxy) is 4. The van der Waals surface area contributed by atoms with Crippen LogP contribution in [0.25, 0.3) is 72.1 Å². The maximum atomic E-state index is 15.0. The molecular formula is C98H100F3NO6. The van der Waals surface area contributed by atoms with Crippen LogP contribution in [0.4, 0.5) is 18.9 Å². The van der Waals surface area contributed by atoms with E-state index < -0.39 is 28.7 Å². The van der Waals surface area contributed by atoms with Crippen molar-refractivity contribution in [2.24, 2.45) is 11.8 Å². The predicted molar refractivity (Wildman–Crippen MR) is 436 cm³/mol. The average molecular weight is 1440 g/mol. The summed E-state index contributed by atoms with van der Waals surface area (Å²) < 4.78 is 71.6. The molecule has 3 aliphatic rings. The van der Waals surface area contributed by atoms with Crippen molar-refractivity contribution in [2.45, 2.75) is 180 Å². The SMILES string of the molecule is CCCCCC(CCC)CCc1ccc(-c2ccc(C(=O)Oc3cccc4c3c(-c3ccc(NC(=O)c5ccc(-c6ccc(C7CCC(CCCCC)CC7)cc6)cc5)cc3)cc3c5c(c6c(c34)OC(c3ccc(OC)cc3)(c3ccc(OCCCC)cc3)C=C6)C(C)(C)c3cc(C(F)(F)F)ccc3-5)cc2)cc1. The molecule has 2 atom stereocenters. The van der Waals surface area contributed by atoms with E-state index >= 15 is 18.0 Å². The molecule has 1 fully saturated rings. The predicted octanol–water partition coefficient (Wildman–Crippen LogP) is 27.1. The summed E-state index contributed by atoms with van der Waals surface area (Å²) in [5.74, 6) is 3.53. The van der Waals surface area contributed by atoms with Crippen molar-refractivity contribution >= 4 is 45.2 Å². The topological polar surface area (TPSA) is 83.1 Å². The highest BCUT2D eigenvalue weighted by atomic mass is 19.4. The van der Waals surface area contributed by atoms with Crippen LogP contribution in [0.5, 0.6) is 23.0 Å². The van der Waals surface area contributed by atoms with E-state index in [0.717, 1.165) is 92.3 Å². The Morgan fingerprint density at radius 1 is 0.574 bits per heavy atom. The number of rotatable bonds is 28. The van der Waals surface area contributed by atoms with Gasteiger partial charge in [0.1, 0.15) is 23.0 Å². The summed E-state index contributed by atoms with van der Waals surface area (Å²) in [6.45, 7) is 13.5. The molecule has 1 N–H and O–H groups in total. The van der Waals surface area contributed by atoms with Gasteiger partial charge in [-0.2, -0.15) is 13.2 Å². The second-order valence-electron chi connectivity index (χ2n) is 30.8. The number of esters is 1. The van der Waals surface area contributed by atoms with Crippen LogP contribution >= 0.6 is 0 Å². The molecule has 108 heavy (non-hydrogen) atoms. The first-order valence-electron chi connectivity index (χ1n) is 39.6. The molecule has 14 rings (SSSR count). The number of hydrogen-bond donors (Lipinski definition) is 1. The number of alkyl halides is 3. The summed E-state index contributed by atoms with van der Waals surface area (Å²) in [5.41, 5.74) is 11.8. The van der Waals surface area contributed by atoms with Crippen LogP contribution in [-0.2, 0) is 23.6 Å². The minimum atomic E-state index is -4.61. The number of benzene rings is 11. The third-order valence-corrected chi connectivity index (χ3v) is 23.4. The number of hydrogen-bond acceptors (Lipinski definition) is 6. The molecule has 554 valence electrons. The van der Waals surface area contributed by atoms with Crippen LogP contribution in [0, 0.1) is 11.8 Å². The number of halogens is 3. The Labute approximate surface area is 636 Å². The van der Waals surface area contributed by atoms with E-state index in [0.29, 0.717) is 79.3 Å². The molecule has 1 saturated carbocycles. The van der Waals surface area contributed by atoms with Gasteiger partial charge in [-0.3, -0.25) is 4.79 Å². The summed E-state index contributed by atoms with van der Waals surface area (Å²) in [6, 6.07) is 68.3. The number of unbranched alkanes of at least 4 members (excludes halogenated alkanes) is 5. The molecule has 1 heterocycles. The van der Waals surface area contributed by atoms with Gasteiger partial charge in [0, 0.05) is 44.1 Å². The van der Waals surface area contributed by atoms with Crippen molar-refractivity contribution in [3.05, 3.63) is 274 Å². The average Bonchev–Trinajstić information content (AvgIpc) is 1.44. The quantitative estimate of drug-likeness (QED) is 0.0228. The molecule has 0 aromatic heterocycles. The number of carbonyl (C=O) groups is 2. The van der Waals surface area contributed by atoms with E-state index in [1.165, 1.54) is 120 Å². The lowest BCUT2D eigenvalue weighted by atomic mass is 9.76. The fourth-order valence-electron chi connectivity index (χ4n) is 17.2. The normalized spacial score (nSPS) is 16.6. The van der Waals surface area contributed by atoms with Gasteiger partial charge in [0.2, 0.25) is 0 Å². The molecule has 11 aromatic carbocycles. The highest BCUT2D eigenvalue weighted by molar-refractivity contribution is 6.24. The van der Waals surface area contributed by atoms with Crippen LogP contribution in [0.15, 0.2) is 218 Å². The Kier molecular flexibility index (Phi) is 22.6. The Morgan fingerprint density at radius 3 is 1.81 bits per heavy atom. The van der Waals surface area contributed by atoms with Crippen molar-refractivity contribution in [1.29, 1.82) is 0 Å². The molecule has 0 saturated heterocycles. The molecule has 0 bridgehead atoms. The summed E-state index contributed by atoms with van der Waals surface area (Å²) in [5, 5.41) is 5.81. The summed E-state index contributed by atoms with van der Waals surface area (Å²) in [7, 11) is 1.63. The zero-order valence-corrected chi connectivity index (χ0v) is 63.6. The van der Waals surface area contributed by atoms with Gasteiger partial charge in [-0.1, -0.05) is 246 Å². The van der Waals surface area contributed by atoms with Gasteiger partial charge in [0.15, 0.2) is 5.60 Å². The summed E-state index contributed by atoms with van der Waals surface area (Å²) >= 11 is 0. The fourth-order valence-corrected chi connectivity index (χ4v) is 17.2. The first kappa shape index (κ1) is 74.7. The minimum absolute atomic E-state index is 0.267. The standard InChI is InChI=1S/C98H100F3NO6/c1-8-12-15-19-64(18-11-4)23-24-66-27-31-68(32-28-66)72-39-43-75(44-40-72)95(104)107-88-22-17-21-83-89(88)85(73-45-52-79(53-46-73)102-94(103)74-41-37-71(38-42-74)70-35-33-69(34-36-70)67-29-25-65(26-30-67)20-16-13-9-2)63-86-90-82-58-51-78(98(99,100)101)62-87(82)96(5,6)92(90)84-59-60-97(108-93(84)91(83)86,76-47-54-80(105-7)55-48-76)77-49-56-81(57-50-77)106-61-14-10-3/h17,21-22,27-28,31-60,62-65,67H,8-16,18-20,23-26,29-30,61H2,1-7H3,(H,102,103). The van der Waals surface area contributed by atoms with Gasteiger partial charge in [-0.25, -0.2) is 4.79 Å². The Bertz CT molecular complexity index is 5010. The first-order chi connectivity index (χ1) is 52.5. The fraction of sp³-hybridized carbons (Fsp3) is 0.327. The van der Waals surface area contributed by atoms with Crippen LogP contribution in [-0.4, -0.2) is 25.6 Å². The van der Waals surface area contributed by atoms with E-state index in [4.69, 9.17) is 18.9 Å². The highest BCUT2D eigenvalue weighted by Gasteiger charge is 2.46. The molecule has 11 aromatic rings. The van der Waals surface area contributed by atoms with Gasteiger partial charge in [-0.05, 0) is 231 Å². The lowest BCUT2D eigenvalue weighted by Crippen LogP contribution is -2.35. The van der Waals surface area contributed by atoms with Crippen LogP contribution in [0.2, 0.25) is 0 Å². The molecule has 10 heteroatoms. The number of methoxy groups -OCH3 is 1. The number of carbonyl (C=O) groups excluding carboxylic acids is 2. The van der Waals surface area contributed by atoms with Gasteiger partial charge >= 0.3 is 12.1 Å². The number of aryl methyl sites for hydroxylation is 1. The molecule has 2 unspecified atom stereocenters. The Balaban J connectivity index is 0.850. The largest absolute Gasteiger partial charge is 0.497 e. The smallest absolute Gasteiger partial charge is 0.416 e. The van der Waals surface area contributed by atoms with E-state index in [-0.39, 0.29) is 11.7 Å².